The number of nitrogens with one attached hydrogen (secondary N) is 1. The number of amides is 2. The number of pyridine rings is 1. The van der Waals surface area contributed by atoms with Gasteiger partial charge in [-0.3, -0.25) is 14.6 Å². The Morgan fingerprint density at radius 2 is 1.95 bits per heavy atom. The van der Waals surface area contributed by atoms with E-state index in [1.54, 1.807) is 17.3 Å². The van der Waals surface area contributed by atoms with Crippen LogP contribution in [-0.4, -0.2) is 48.0 Å². The summed E-state index contributed by atoms with van der Waals surface area (Å²) >= 11 is 0. The quantitative estimate of drug-likeness (QED) is 0.773. The Hall–Kier alpha value is -1.95. The van der Waals surface area contributed by atoms with Crippen molar-refractivity contribution in [3.05, 3.63) is 30.1 Å². The minimum Gasteiger partial charge on any atom is -0.378 e. The third-order valence-electron chi connectivity index (χ3n) is 2.91. The molecule has 6 nitrogen and oxygen atoms in total. The molecule has 2 heterocycles. The van der Waals surface area contributed by atoms with Gasteiger partial charge in [-0.15, -0.1) is 0 Å². The number of rotatable bonds is 4. The molecule has 1 fully saturated rings. The first-order chi connectivity index (χ1) is 9.25. The zero-order chi connectivity index (χ0) is 13.5. The maximum absolute atomic E-state index is 11.8. The van der Waals surface area contributed by atoms with Gasteiger partial charge in [0, 0.05) is 32.0 Å². The average Bonchev–Trinajstić information content (AvgIpc) is 2.47. The summed E-state index contributed by atoms with van der Waals surface area (Å²) in [4.78, 5) is 29.0. The molecule has 6 heteroatoms. The number of hydrogen-bond donors (Lipinski definition) is 1. The lowest BCUT2D eigenvalue weighted by molar-refractivity contribution is -0.139. The van der Waals surface area contributed by atoms with E-state index in [4.69, 9.17) is 4.74 Å². The molecule has 1 aromatic rings. The lowest BCUT2D eigenvalue weighted by Gasteiger charge is -2.26. The average molecular weight is 263 g/mol. The zero-order valence-corrected chi connectivity index (χ0v) is 10.7. The van der Waals surface area contributed by atoms with Crippen LogP contribution in [0.3, 0.4) is 0 Å². The van der Waals surface area contributed by atoms with Gasteiger partial charge in [0.15, 0.2) is 0 Å². The van der Waals surface area contributed by atoms with Gasteiger partial charge in [0.05, 0.1) is 13.2 Å². The summed E-state index contributed by atoms with van der Waals surface area (Å²) in [5.74, 6) is -0.399. The van der Waals surface area contributed by atoms with E-state index < -0.39 is 0 Å². The van der Waals surface area contributed by atoms with Gasteiger partial charge < -0.3 is 15.0 Å². The molecule has 0 bridgehead atoms. The number of carbonyl (C=O) groups is 2. The van der Waals surface area contributed by atoms with Crippen molar-refractivity contribution in [1.82, 2.24) is 15.2 Å². The van der Waals surface area contributed by atoms with E-state index >= 15 is 0 Å². The third kappa shape index (κ3) is 4.33. The molecule has 0 aromatic carbocycles. The first-order valence-electron chi connectivity index (χ1n) is 6.27. The summed E-state index contributed by atoms with van der Waals surface area (Å²) in [6, 6.07) is 3.65. The fourth-order valence-electron chi connectivity index (χ4n) is 1.83. The minimum absolute atomic E-state index is 0.106. The van der Waals surface area contributed by atoms with Gasteiger partial charge in [-0.05, 0) is 17.7 Å². The summed E-state index contributed by atoms with van der Waals surface area (Å²) < 4.78 is 5.16. The number of hydrogen-bond acceptors (Lipinski definition) is 4. The highest BCUT2D eigenvalue weighted by Crippen LogP contribution is 2.01. The van der Waals surface area contributed by atoms with Crippen molar-refractivity contribution in [2.24, 2.45) is 0 Å². The highest BCUT2D eigenvalue weighted by Gasteiger charge is 2.19. The molecule has 0 aliphatic carbocycles. The molecule has 1 aromatic heterocycles. The number of morpholine rings is 1. The minimum atomic E-state index is -0.256. The Labute approximate surface area is 111 Å². The lowest BCUT2D eigenvalue weighted by Crippen LogP contribution is -2.42. The Morgan fingerprint density at radius 1 is 1.26 bits per heavy atom. The normalized spacial score (nSPS) is 15.1. The highest BCUT2D eigenvalue weighted by atomic mass is 16.5. The molecule has 1 aliphatic rings. The van der Waals surface area contributed by atoms with Crippen molar-refractivity contribution in [1.29, 1.82) is 0 Å². The fraction of sp³-hybridized carbons (Fsp3) is 0.462. The van der Waals surface area contributed by atoms with E-state index in [1.807, 2.05) is 12.1 Å². The molecule has 0 unspecified atom stereocenters. The molecule has 19 heavy (non-hydrogen) atoms. The molecule has 0 atom stereocenters. The summed E-state index contributed by atoms with van der Waals surface area (Å²) in [5, 5.41) is 2.72. The van der Waals surface area contributed by atoms with Crippen molar-refractivity contribution >= 4 is 11.8 Å². The van der Waals surface area contributed by atoms with Crippen LogP contribution in [0.2, 0.25) is 0 Å². The topological polar surface area (TPSA) is 71.5 Å². The highest BCUT2D eigenvalue weighted by molar-refractivity contribution is 5.96. The van der Waals surface area contributed by atoms with Gasteiger partial charge in [-0.1, -0.05) is 0 Å². The van der Waals surface area contributed by atoms with E-state index in [-0.39, 0.29) is 18.2 Å². The number of nitrogens with zero attached hydrogens (tertiary/aromatic N) is 2. The first kappa shape index (κ1) is 13.5. The fourth-order valence-corrected chi connectivity index (χ4v) is 1.83. The van der Waals surface area contributed by atoms with Crippen LogP contribution in [0.5, 0.6) is 0 Å². The van der Waals surface area contributed by atoms with Crippen LogP contribution in [-0.2, 0) is 20.9 Å². The van der Waals surface area contributed by atoms with E-state index in [9.17, 15) is 9.59 Å². The second kappa shape index (κ2) is 6.84. The Kier molecular flexibility index (Phi) is 4.85. The molecule has 0 saturated carbocycles. The molecule has 0 radical (unpaired) electrons. The number of ether oxygens (including phenoxy) is 1. The summed E-state index contributed by atoms with van der Waals surface area (Å²) in [6.45, 7) is 2.64. The zero-order valence-electron chi connectivity index (χ0n) is 10.7. The summed E-state index contributed by atoms with van der Waals surface area (Å²) in [6.07, 6.45) is 3.23. The number of aromatic nitrogens is 1. The Balaban J connectivity index is 1.73. The molecule has 0 spiro atoms. The maximum atomic E-state index is 11.8. The Bertz CT molecular complexity index is 430. The molecular weight excluding hydrogens is 246 g/mol. The van der Waals surface area contributed by atoms with Gasteiger partial charge in [0.1, 0.15) is 6.42 Å². The van der Waals surface area contributed by atoms with Crippen LogP contribution < -0.4 is 5.32 Å². The second-order valence-electron chi connectivity index (χ2n) is 4.30. The maximum Gasteiger partial charge on any atom is 0.232 e. The van der Waals surface area contributed by atoms with Crippen molar-refractivity contribution in [3.8, 4) is 0 Å². The Morgan fingerprint density at radius 3 is 2.63 bits per heavy atom. The largest absolute Gasteiger partial charge is 0.378 e. The predicted octanol–water partition coefficient (Wildman–Crippen LogP) is -0.0533. The van der Waals surface area contributed by atoms with Crippen LogP contribution in [0.4, 0.5) is 0 Å². The summed E-state index contributed by atoms with van der Waals surface area (Å²) in [7, 11) is 0. The monoisotopic (exact) mass is 263 g/mol. The smallest absolute Gasteiger partial charge is 0.232 e. The van der Waals surface area contributed by atoms with Crippen LogP contribution in [0.25, 0.3) is 0 Å². The lowest BCUT2D eigenvalue weighted by atomic mass is 10.2. The van der Waals surface area contributed by atoms with Crippen LogP contribution in [0.15, 0.2) is 24.5 Å². The van der Waals surface area contributed by atoms with Gasteiger partial charge >= 0.3 is 0 Å². The molecule has 1 saturated heterocycles. The van der Waals surface area contributed by atoms with Crippen LogP contribution >= 0.6 is 0 Å². The number of carbonyl (C=O) groups excluding carboxylic acids is 2. The van der Waals surface area contributed by atoms with Crippen molar-refractivity contribution < 1.29 is 14.3 Å². The van der Waals surface area contributed by atoms with Crippen LogP contribution in [0, 0.1) is 0 Å². The molecule has 2 rings (SSSR count). The van der Waals surface area contributed by atoms with Crippen molar-refractivity contribution in [3.63, 3.8) is 0 Å². The van der Waals surface area contributed by atoms with Crippen molar-refractivity contribution in [2.45, 2.75) is 13.0 Å². The van der Waals surface area contributed by atoms with Gasteiger partial charge in [0.2, 0.25) is 11.8 Å². The molecule has 1 aliphatic heterocycles. The van der Waals surface area contributed by atoms with E-state index in [1.165, 1.54) is 0 Å². The van der Waals surface area contributed by atoms with E-state index in [2.05, 4.69) is 10.3 Å². The third-order valence-corrected chi connectivity index (χ3v) is 2.91. The first-order valence-corrected chi connectivity index (χ1v) is 6.27. The second-order valence-corrected chi connectivity index (χ2v) is 4.30. The van der Waals surface area contributed by atoms with Gasteiger partial charge in [-0.25, -0.2) is 0 Å². The molecular formula is C13H17N3O3. The van der Waals surface area contributed by atoms with E-state index in [0.717, 1.165) is 5.56 Å². The van der Waals surface area contributed by atoms with Gasteiger partial charge in [0.25, 0.3) is 0 Å². The predicted molar refractivity (Wildman–Crippen MR) is 68.1 cm³/mol. The SMILES string of the molecule is O=C(CC(=O)N1CCOCC1)NCc1ccncc1. The van der Waals surface area contributed by atoms with E-state index in [0.29, 0.717) is 32.8 Å². The molecule has 1 N–H and O–H groups in total. The summed E-state index contributed by atoms with van der Waals surface area (Å²) in [5.41, 5.74) is 0.960. The molecule has 2 amide bonds. The van der Waals surface area contributed by atoms with Crippen molar-refractivity contribution in [2.75, 3.05) is 26.3 Å². The van der Waals surface area contributed by atoms with Crippen LogP contribution in [0.1, 0.15) is 12.0 Å². The molecule has 102 valence electrons. The standard InChI is InChI=1S/C13H17N3O3/c17-12(15-10-11-1-3-14-4-2-11)9-13(18)16-5-7-19-8-6-16/h1-4H,5-10H2,(H,15,17). The van der Waals surface area contributed by atoms with Gasteiger partial charge in [-0.2, -0.15) is 0 Å².